The third-order valence-electron chi connectivity index (χ3n) is 5.68. The second-order valence-corrected chi connectivity index (χ2v) is 7.32. The number of benzene rings is 2. The van der Waals surface area contributed by atoms with Gasteiger partial charge in [-0.05, 0) is 61.9 Å². The van der Waals surface area contributed by atoms with Crippen molar-refractivity contribution in [3.63, 3.8) is 0 Å². The molecule has 3 nitrogen and oxygen atoms in total. The van der Waals surface area contributed by atoms with Crippen molar-refractivity contribution >= 4 is 21.9 Å². The van der Waals surface area contributed by atoms with E-state index in [1.165, 1.54) is 12.1 Å². The van der Waals surface area contributed by atoms with Gasteiger partial charge in [-0.1, -0.05) is 18.6 Å². The average molecular weight is 362 g/mol. The molecule has 1 aliphatic rings. The van der Waals surface area contributed by atoms with Crippen LogP contribution in [-0.4, -0.2) is 0 Å². The van der Waals surface area contributed by atoms with Crippen molar-refractivity contribution in [2.45, 2.75) is 39.0 Å². The van der Waals surface area contributed by atoms with Crippen molar-refractivity contribution in [3.8, 4) is 11.1 Å². The Hall–Kier alpha value is -2.88. The molecule has 4 aromatic rings. The fraction of sp³-hybridized carbons (Fsp3) is 0.261. The van der Waals surface area contributed by atoms with E-state index < -0.39 is 0 Å². The summed E-state index contributed by atoms with van der Waals surface area (Å²) in [4.78, 5) is 12.5. The van der Waals surface area contributed by atoms with Crippen molar-refractivity contribution in [1.82, 2.24) is 0 Å². The Morgan fingerprint density at radius 1 is 0.926 bits per heavy atom. The van der Waals surface area contributed by atoms with Crippen molar-refractivity contribution in [2.24, 2.45) is 0 Å². The smallest absolute Gasteiger partial charge is 0.339 e. The Kier molecular flexibility index (Phi) is 3.67. The van der Waals surface area contributed by atoms with Gasteiger partial charge in [-0.3, -0.25) is 0 Å². The number of rotatable bonds is 1. The Morgan fingerprint density at radius 2 is 1.67 bits per heavy atom. The molecule has 0 atom stereocenters. The van der Waals surface area contributed by atoms with Gasteiger partial charge in [-0.2, -0.15) is 0 Å². The first kappa shape index (κ1) is 16.3. The molecule has 0 unspecified atom stereocenters. The van der Waals surface area contributed by atoms with E-state index in [4.69, 9.17) is 8.83 Å². The maximum absolute atomic E-state index is 13.3. The van der Waals surface area contributed by atoms with Gasteiger partial charge in [-0.15, -0.1) is 0 Å². The normalized spacial score (nSPS) is 14.4. The van der Waals surface area contributed by atoms with Gasteiger partial charge in [0, 0.05) is 27.5 Å². The van der Waals surface area contributed by atoms with Gasteiger partial charge in [0.1, 0.15) is 17.0 Å². The molecule has 2 aromatic heterocycles. The molecular formula is C23H19FO3. The molecule has 0 radical (unpaired) electrons. The molecule has 136 valence electrons. The summed E-state index contributed by atoms with van der Waals surface area (Å²) in [7, 11) is 0. The summed E-state index contributed by atoms with van der Waals surface area (Å²) >= 11 is 0. The molecule has 0 saturated carbocycles. The van der Waals surface area contributed by atoms with Gasteiger partial charge in [0.2, 0.25) is 0 Å². The van der Waals surface area contributed by atoms with E-state index in [0.29, 0.717) is 11.2 Å². The molecule has 0 N–H and O–H groups in total. The van der Waals surface area contributed by atoms with Crippen LogP contribution in [0.15, 0.2) is 50.2 Å². The number of aryl methyl sites for hydroxylation is 2. The molecular weight excluding hydrogens is 343 g/mol. The summed E-state index contributed by atoms with van der Waals surface area (Å²) in [6, 6.07) is 8.49. The Bertz CT molecular complexity index is 1230. The van der Waals surface area contributed by atoms with Crippen LogP contribution in [0.2, 0.25) is 0 Å². The molecule has 1 aliphatic carbocycles. The fourth-order valence-corrected chi connectivity index (χ4v) is 4.28. The highest BCUT2D eigenvalue weighted by atomic mass is 19.1. The standard InChI is InChI=1S/C23H19FO3/c1-13-21-19(20(12-26-21)14-7-9-15(24)10-8-14)11-18-16-5-3-2-4-6-17(16)23(25)27-22(13)18/h7-12H,2-6H2,1H3. The largest absolute Gasteiger partial charge is 0.463 e. The van der Waals surface area contributed by atoms with Gasteiger partial charge >= 0.3 is 5.63 Å². The minimum absolute atomic E-state index is 0.216. The molecule has 0 bridgehead atoms. The Balaban J connectivity index is 1.85. The first-order valence-corrected chi connectivity index (χ1v) is 9.39. The summed E-state index contributed by atoms with van der Waals surface area (Å²) < 4.78 is 24.9. The highest BCUT2D eigenvalue weighted by molar-refractivity contribution is 6.05. The van der Waals surface area contributed by atoms with Crippen LogP contribution in [0.25, 0.3) is 33.1 Å². The van der Waals surface area contributed by atoms with Crippen LogP contribution in [-0.2, 0) is 12.8 Å². The van der Waals surface area contributed by atoms with Crippen LogP contribution in [0.5, 0.6) is 0 Å². The van der Waals surface area contributed by atoms with Crippen molar-refractivity contribution in [2.75, 3.05) is 0 Å². The van der Waals surface area contributed by atoms with E-state index in [1.54, 1.807) is 18.4 Å². The topological polar surface area (TPSA) is 43.4 Å². The number of halogens is 1. The van der Waals surface area contributed by atoms with Crippen molar-refractivity contribution in [3.05, 3.63) is 69.5 Å². The zero-order valence-corrected chi connectivity index (χ0v) is 15.1. The molecule has 0 spiro atoms. The van der Waals surface area contributed by atoms with Crippen LogP contribution in [0, 0.1) is 12.7 Å². The van der Waals surface area contributed by atoms with E-state index in [2.05, 4.69) is 6.07 Å². The Labute approximate surface area is 155 Å². The van der Waals surface area contributed by atoms with Gasteiger partial charge < -0.3 is 8.83 Å². The lowest BCUT2D eigenvalue weighted by atomic mass is 9.95. The van der Waals surface area contributed by atoms with E-state index in [0.717, 1.165) is 70.7 Å². The van der Waals surface area contributed by atoms with Gasteiger partial charge in [0.15, 0.2) is 0 Å². The first-order chi connectivity index (χ1) is 13.1. The number of furan rings is 1. The molecule has 2 heterocycles. The monoisotopic (exact) mass is 362 g/mol. The number of hydrogen-bond donors (Lipinski definition) is 0. The van der Waals surface area contributed by atoms with Gasteiger partial charge in [0.25, 0.3) is 0 Å². The predicted octanol–water partition coefficient (Wildman–Crippen LogP) is 5.92. The molecule has 4 heteroatoms. The van der Waals surface area contributed by atoms with Crippen LogP contribution in [0.4, 0.5) is 4.39 Å². The zero-order valence-electron chi connectivity index (χ0n) is 15.1. The summed E-state index contributed by atoms with van der Waals surface area (Å²) in [6.07, 6.45) is 6.60. The average Bonchev–Trinajstić information content (AvgIpc) is 2.92. The number of hydrogen-bond acceptors (Lipinski definition) is 3. The third kappa shape index (κ3) is 2.51. The summed E-state index contributed by atoms with van der Waals surface area (Å²) in [6.45, 7) is 1.93. The fourth-order valence-electron chi connectivity index (χ4n) is 4.28. The van der Waals surface area contributed by atoms with Crippen LogP contribution in [0.1, 0.15) is 36.0 Å². The summed E-state index contributed by atoms with van der Waals surface area (Å²) in [5.41, 5.74) is 5.71. The highest BCUT2D eigenvalue weighted by Gasteiger charge is 2.21. The predicted molar refractivity (Wildman–Crippen MR) is 104 cm³/mol. The number of fused-ring (bicyclic) bond motifs is 4. The second-order valence-electron chi connectivity index (χ2n) is 7.32. The molecule has 2 aromatic carbocycles. The molecule has 0 aliphatic heterocycles. The van der Waals surface area contributed by atoms with E-state index in [9.17, 15) is 9.18 Å². The third-order valence-corrected chi connectivity index (χ3v) is 5.68. The van der Waals surface area contributed by atoms with Gasteiger partial charge in [0.05, 0.1) is 6.26 Å². The minimum atomic E-state index is -0.264. The highest BCUT2D eigenvalue weighted by Crippen LogP contribution is 2.38. The van der Waals surface area contributed by atoms with Crippen LogP contribution in [0.3, 0.4) is 0 Å². The Morgan fingerprint density at radius 3 is 2.44 bits per heavy atom. The van der Waals surface area contributed by atoms with E-state index in [1.807, 2.05) is 6.92 Å². The lowest BCUT2D eigenvalue weighted by Crippen LogP contribution is -2.11. The van der Waals surface area contributed by atoms with E-state index >= 15 is 0 Å². The quantitative estimate of drug-likeness (QED) is 0.312. The lowest BCUT2D eigenvalue weighted by molar-refractivity contribution is 0.543. The summed E-state index contributed by atoms with van der Waals surface area (Å²) in [5, 5.41) is 1.97. The van der Waals surface area contributed by atoms with Crippen LogP contribution < -0.4 is 5.63 Å². The summed E-state index contributed by atoms with van der Waals surface area (Å²) in [5.74, 6) is -0.264. The maximum atomic E-state index is 13.3. The SMILES string of the molecule is Cc1c2occ(-c3ccc(F)cc3)c2cc2c3c(c(=O)oc12)CCCCC3. The lowest BCUT2D eigenvalue weighted by Gasteiger charge is -2.11. The van der Waals surface area contributed by atoms with Crippen molar-refractivity contribution in [1.29, 1.82) is 0 Å². The molecule has 0 amide bonds. The molecule has 5 rings (SSSR count). The van der Waals surface area contributed by atoms with Crippen LogP contribution >= 0.6 is 0 Å². The van der Waals surface area contributed by atoms with Gasteiger partial charge in [-0.25, -0.2) is 9.18 Å². The zero-order chi connectivity index (χ0) is 18.5. The maximum Gasteiger partial charge on any atom is 0.339 e. The molecule has 0 saturated heterocycles. The minimum Gasteiger partial charge on any atom is -0.463 e. The van der Waals surface area contributed by atoms with Crippen molar-refractivity contribution < 1.29 is 13.2 Å². The van der Waals surface area contributed by atoms with E-state index in [-0.39, 0.29) is 11.4 Å². The molecule has 27 heavy (non-hydrogen) atoms. The molecule has 0 fully saturated rings. The first-order valence-electron chi connectivity index (χ1n) is 9.39. The second kappa shape index (κ2) is 6.08.